The quantitative estimate of drug-likeness (QED) is 0.872. The fourth-order valence-corrected chi connectivity index (χ4v) is 2.77. The van der Waals surface area contributed by atoms with Crippen LogP contribution < -0.4 is 5.32 Å². The van der Waals surface area contributed by atoms with Crippen LogP contribution in [0.15, 0.2) is 4.52 Å². The van der Waals surface area contributed by atoms with Gasteiger partial charge in [-0.05, 0) is 25.8 Å². The van der Waals surface area contributed by atoms with Crippen LogP contribution in [-0.2, 0) is 6.42 Å². The molecule has 7 heteroatoms. The summed E-state index contributed by atoms with van der Waals surface area (Å²) in [5.74, 6) is 0.764. The van der Waals surface area contributed by atoms with Crippen LogP contribution in [0.2, 0.25) is 0 Å². The van der Waals surface area contributed by atoms with Crippen molar-refractivity contribution in [1.29, 1.82) is 0 Å². The smallest absolute Gasteiger partial charge is 0.339 e. The Balaban J connectivity index is 1.97. The van der Waals surface area contributed by atoms with E-state index in [0.29, 0.717) is 5.89 Å². The van der Waals surface area contributed by atoms with Gasteiger partial charge >= 0.3 is 6.18 Å². The van der Waals surface area contributed by atoms with E-state index < -0.39 is 12.6 Å². The maximum atomic E-state index is 12.2. The van der Waals surface area contributed by atoms with Crippen molar-refractivity contribution in [3.8, 4) is 0 Å². The van der Waals surface area contributed by atoms with E-state index in [1.807, 2.05) is 0 Å². The topological polar surface area (TPSA) is 51.0 Å². The van der Waals surface area contributed by atoms with E-state index in [0.717, 1.165) is 38.6 Å². The molecular formula is C14H22F3N3O. The Morgan fingerprint density at radius 2 is 2.05 bits per heavy atom. The molecule has 0 spiro atoms. The van der Waals surface area contributed by atoms with Gasteiger partial charge in [-0.25, -0.2) is 0 Å². The predicted octanol–water partition coefficient (Wildman–Crippen LogP) is 3.59. The van der Waals surface area contributed by atoms with Crippen molar-refractivity contribution in [2.24, 2.45) is 0 Å². The molecular weight excluding hydrogens is 283 g/mol. The number of hydrogen-bond donors (Lipinski definition) is 1. The summed E-state index contributed by atoms with van der Waals surface area (Å²) in [6.07, 6.45) is -0.0168. The standard InChI is InChI=1S/C14H22F3N3O/c1-2-9-18-11-6-4-3-5-10(11)13-19-12(20-21-13)7-8-14(15,16)17/h10-11,18H,2-9H2,1H3. The van der Waals surface area contributed by atoms with Gasteiger partial charge < -0.3 is 9.84 Å². The molecule has 1 aromatic heterocycles. The molecule has 1 heterocycles. The molecule has 4 nitrogen and oxygen atoms in total. The highest BCUT2D eigenvalue weighted by Gasteiger charge is 2.31. The van der Waals surface area contributed by atoms with Crippen molar-refractivity contribution < 1.29 is 17.7 Å². The van der Waals surface area contributed by atoms with E-state index in [1.54, 1.807) is 0 Å². The second kappa shape index (κ2) is 7.24. The zero-order valence-electron chi connectivity index (χ0n) is 12.2. The predicted molar refractivity (Wildman–Crippen MR) is 72.0 cm³/mol. The van der Waals surface area contributed by atoms with Crippen molar-refractivity contribution in [2.75, 3.05) is 6.54 Å². The molecule has 0 aliphatic heterocycles. The van der Waals surface area contributed by atoms with Gasteiger partial charge in [-0.15, -0.1) is 0 Å². The van der Waals surface area contributed by atoms with Gasteiger partial charge in [-0.3, -0.25) is 0 Å². The first kappa shape index (κ1) is 16.3. The van der Waals surface area contributed by atoms with Crippen LogP contribution in [0, 0.1) is 0 Å². The first-order valence-electron chi connectivity index (χ1n) is 7.62. The van der Waals surface area contributed by atoms with Crippen molar-refractivity contribution in [3.63, 3.8) is 0 Å². The van der Waals surface area contributed by atoms with Crippen LogP contribution in [-0.4, -0.2) is 28.9 Å². The second-order valence-corrected chi connectivity index (χ2v) is 5.62. The van der Waals surface area contributed by atoms with Gasteiger partial charge in [0.25, 0.3) is 0 Å². The normalized spacial score (nSPS) is 23.4. The summed E-state index contributed by atoms with van der Waals surface area (Å²) in [6.45, 7) is 3.03. The molecule has 120 valence electrons. The number of rotatable bonds is 6. The highest BCUT2D eigenvalue weighted by molar-refractivity contribution is 5.01. The lowest BCUT2D eigenvalue weighted by molar-refractivity contribution is -0.134. The Bertz CT molecular complexity index is 433. The Morgan fingerprint density at radius 3 is 2.76 bits per heavy atom. The summed E-state index contributed by atoms with van der Waals surface area (Å²) in [6, 6.07) is 0.287. The Labute approximate surface area is 122 Å². The van der Waals surface area contributed by atoms with E-state index in [9.17, 15) is 13.2 Å². The van der Waals surface area contributed by atoms with Crippen molar-refractivity contribution >= 4 is 0 Å². The summed E-state index contributed by atoms with van der Waals surface area (Å²) in [7, 11) is 0. The van der Waals surface area contributed by atoms with Crippen LogP contribution in [0.5, 0.6) is 0 Å². The fourth-order valence-electron chi connectivity index (χ4n) is 2.77. The van der Waals surface area contributed by atoms with E-state index in [2.05, 4.69) is 22.4 Å². The Kier molecular flexibility index (Phi) is 5.61. The maximum Gasteiger partial charge on any atom is 0.389 e. The van der Waals surface area contributed by atoms with Crippen molar-refractivity contribution in [3.05, 3.63) is 11.7 Å². The van der Waals surface area contributed by atoms with E-state index in [4.69, 9.17) is 4.52 Å². The molecule has 1 saturated carbocycles. The minimum atomic E-state index is -4.18. The zero-order chi connectivity index (χ0) is 15.3. The summed E-state index contributed by atoms with van der Waals surface area (Å²) in [4.78, 5) is 4.18. The lowest BCUT2D eigenvalue weighted by Crippen LogP contribution is -2.37. The fraction of sp³-hybridized carbons (Fsp3) is 0.857. The first-order chi connectivity index (χ1) is 9.99. The maximum absolute atomic E-state index is 12.2. The molecule has 1 aromatic rings. The molecule has 2 unspecified atom stereocenters. The molecule has 21 heavy (non-hydrogen) atoms. The molecule has 1 N–H and O–H groups in total. The van der Waals surface area contributed by atoms with Crippen LogP contribution in [0.1, 0.15) is 63.1 Å². The van der Waals surface area contributed by atoms with E-state index >= 15 is 0 Å². The van der Waals surface area contributed by atoms with Gasteiger partial charge in [0.1, 0.15) is 0 Å². The van der Waals surface area contributed by atoms with Gasteiger partial charge in [0.05, 0.1) is 12.3 Å². The summed E-state index contributed by atoms with van der Waals surface area (Å²) in [5.41, 5.74) is 0. The number of aryl methyl sites for hydroxylation is 1. The third kappa shape index (κ3) is 4.98. The molecule has 0 amide bonds. The molecule has 1 aliphatic carbocycles. The number of aromatic nitrogens is 2. The lowest BCUT2D eigenvalue weighted by Gasteiger charge is -2.29. The van der Waals surface area contributed by atoms with Crippen LogP contribution in [0.3, 0.4) is 0 Å². The van der Waals surface area contributed by atoms with Gasteiger partial charge in [0.2, 0.25) is 5.89 Å². The summed E-state index contributed by atoms with van der Waals surface area (Å²) < 4.78 is 41.8. The highest BCUT2D eigenvalue weighted by Crippen LogP contribution is 2.32. The molecule has 0 aromatic carbocycles. The first-order valence-corrected chi connectivity index (χ1v) is 7.62. The van der Waals surface area contributed by atoms with Gasteiger partial charge in [-0.2, -0.15) is 18.2 Å². The van der Waals surface area contributed by atoms with Crippen molar-refractivity contribution in [1.82, 2.24) is 15.5 Å². The van der Waals surface area contributed by atoms with Crippen LogP contribution in [0.4, 0.5) is 13.2 Å². The van der Waals surface area contributed by atoms with Gasteiger partial charge in [0, 0.05) is 12.5 Å². The van der Waals surface area contributed by atoms with Gasteiger partial charge in [0.15, 0.2) is 5.82 Å². The Morgan fingerprint density at radius 1 is 1.29 bits per heavy atom. The molecule has 0 radical (unpaired) electrons. The molecule has 0 bridgehead atoms. The highest BCUT2D eigenvalue weighted by atomic mass is 19.4. The molecule has 0 saturated heterocycles. The zero-order valence-corrected chi connectivity index (χ0v) is 12.2. The minimum absolute atomic E-state index is 0.123. The SMILES string of the molecule is CCCNC1CCCCC1c1nc(CCC(F)(F)F)no1. The molecule has 1 fully saturated rings. The molecule has 1 aliphatic rings. The monoisotopic (exact) mass is 305 g/mol. The van der Waals surface area contributed by atoms with Crippen LogP contribution >= 0.6 is 0 Å². The van der Waals surface area contributed by atoms with Crippen molar-refractivity contribution in [2.45, 2.75) is 70.0 Å². The number of alkyl halides is 3. The Hall–Kier alpha value is -1.11. The lowest BCUT2D eigenvalue weighted by atomic mass is 9.84. The molecule has 2 atom stereocenters. The number of halogens is 3. The number of hydrogen-bond acceptors (Lipinski definition) is 4. The third-order valence-corrected chi connectivity index (χ3v) is 3.86. The van der Waals surface area contributed by atoms with E-state index in [-0.39, 0.29) is 24.2 Å². The number of nitrogens with one attached hydrogen (secondary N) is 1. The average Bonchev–Trinajstić information content (AvgIpc) is 2.91. The summed E-state index contributed by atoms with van der Waals surface area (Å²) >= 11 is 0. The minimum Gasteiger partial charge on any atom is -0.339 e. The van der Waals surface area contributed by atoms with Crippen LogP contribution in [0.25, 0.3) is 0 Å². The van der Waals surface area contributed by atoms with E-state index in [1.165, 1.54) is 0 Å². The number of nitrogens with zero attached hydrogens (tertiary/aromatic N) is 2. The van der Waals surface area contributed by atoms with Gasteiger partial charge in [-0.1, -0.05) is 24.9 Å². The summed E-state index contributed by atoms with van der Waals surface area (Å²) in [5, 5.41) is 7.17. The molecule has 2 rings (SSSR count). The second-order valence-electron chi connectivity index (χ2n) is 5.62. The third-order valence-electron chi connectivity index (χ3n) is 3.86. The average molecular weight is 305 g/mol. The largest absolute Gasteiger partial charge is 0.389 e.